The molecule has 111 heavy (non-hydrogen) atoms. The van der Waals surface area contributed by atoms with E-state index in [1.54, 1.807) is 61.9 Å². The molecule has 5 saturated heterocycles. The molecule has 0 saturated carbocycles. The molecule has 0 aliphatic carbocycles. The fraction of sp³-hybridized carbons (Fsp3) is 0.494. The predicted octanol–water partition coefficient (Wildman–Crippen LogP) is 13.0. The Balaban J connectivity index is 0.000000190. The number of piperidine rings is 2. The van der Waals surface area contributed by atoms with E-state index in [4.69, 9.17) is 65.8 Å². The van der Waals surface area contributed by atoms with Crippen molar-refractivity contribution in [3.05, 3.63) is 120 Å². The number of carbonyl (C=O) groups is 7. The molecule has 9 aliphatic rings. The van der Waals surface area contributed by atoms with Crippen LogP contribution in [0.25, 0.3) is 21.5 Å². The summed E-state index contributed by atoms with van der Waals surface area (Å²) < 4.78 is 54.1. The third-order valence-electron chi connectivity index (χ3n) is 22.6. The second-order valence-corrected chi connectivity index (χ2v) is 30.3. The molecule has 6 aromatic carbocycles. The molecule has 0 radical (unpaired) electrons. The molecule has 7 amide bonds. The van der Waals surface area contributed by atoms with Crippen LogP contribution in [0.5, 0.6) is 34.5 Å². The highest BCUT2D eigenvalue weighted by molar-refractivity contribution is 6.20. The van der Waals surface area contributed by atoms with Crippen molar-refractivity contribution < 1.29 is 76.2 Å². The Bertz CT molecular complexity index is 4510. The maximum atomic E-state index is 14.4. The third kappa shape index (κ3) is 16.7. The van der Waals surface area contributed by atoms with E-state index in [9.17, 15) is 33.6 Å². The Hall–Kier alpha value is -9.44. The molecule has 5 fully saturated rings. The summed E-state index contributed by atoms with van der Waals surface area (Å²) in [6, 6.07) is 25.4. The van der Waals surface area contributed by atoms with E-state index in [0.717, 1.165) is 116 Å². The van der Waals surface area contributed by atoms with E-state index >= 15 is 0 Å². The molecule has 1 unspecified atom stereocenters. The number of hydrogen-bond acceptors (Lipinski definition) is 19. The molecule has 9 aliphatic heterocycles. The highest BCUT2D eigenvalue weighted by atomic mass is 35.5. The Kier molecular flexibility index (Phi) is 25.0. The maximum absolute atomic E-state index is 14.4. The van der Waals surface area contributed by atoms with Crippen LogP contribution in [0.15, 0.2) is 103 Å². The van der Waals surface area contributed by atoms with E-state index in [1.165, 1.54) is 18.1 Å². The van der Waals surface area contributed by atoms with Crippen molar-refractivity contribution in [1.29, 1.82) is 0 Å². The first kappa shape index (κ1) is 78.3. The summed E-state index contributed by atoms with van der Waals surface area (Å²) in [4.78, 5) is 117. The quantitative estimate of drug-likeness (QED) is 0.0392. The number of aliphatic imine (C=N–C) groups is 1. The van der Waals surface area contributed by atoms with Gasteiger partial charge in [0.2, 0.25) is 11.8 Å². The first-order chi connectivity index (χ1) is 54.1. The number of methoxy groups -OCH3 is 2. The molecular formula is C83H98Cl2N10O16. The fourth-order valence-corrected chi connectivity index (χ4v) is 17.1. The van der Waals surface area contributed by atoms with Crippen LogP contribution in [0.4, 0.5) is 37.1 Å². The standard InChI is InChI=1S/C46H56ClN5O10.C37H42ClN5O6/c1-4-22-60-46(56)52-35-26-39(38(57-3)25-33(35)43(54)50-17-9-7-14-34(50)44(52)62-41-16-8-10-23-59-41)58-24-11-15-40(53)51-29-30(28-47)42-32-13-6-5-12-31(32)37(27-36(42)51)61-45(55)49-20-18-48(2)19-21-49;1-40-13-15-41(16-14-40)37(46)49-31-20-30-35(27-10-4-3-9-26(27)31)24(21-38)23-43(30)34(44)11-7-17-48-33-19-29-28(18-32(33)47-2)36(45)42-12-6-5-8-25(42)22-39-29/h4-6,12-13,25-27,30,34,41,44H,1,7-11,14-24,28-29H2,2-3H3;3-4,9-10,18-20,22,24-25H,5-8,11-17,21,23H2,1-2H3/t30-,34+,41?,44+;24-,25+/m11/s1. The van der Waals surface area contributed by atoms with Gasteiger partial charge in [0.15, 0.2) is 35.5 Å². The number of carbonyl (C=O) groups excluding carboxylic acids is 7. The molecule has 0 bridgehead atoms. The van der Waals surface area contributed by atoms with Crippen LogP contribution in [0.3, 0.4) is 0 Å². The first-order valence-electron chi connectivity index (χ1n) is 38.9. The molecule has 6 aromatic rings. The van der Waals surface area contributed by atoms with Gasteiger partial charge >= 0.3 is 18.3 Å². The molecular weight excluding hydrogens is 1460 g/mol. The van der Waals surface area contributed by atoms with Crippen molar-refractivity contribution >= 4 is 116 Å². The molecule has 26 nitrogen and oxygen atoms in total. The van der Waals surface area contributed by atoms with Gasteiger partial charge in [-0.1, -0.05) is 61.2 Å². The fourth-order valence-electron chi connectivity index (χ4n) is 16.6. The first-order valence-corrected chi connectivity index (χ1v) is 40.0. The van der Waals surface area contributed by atoms with E-state index in [1.807, 2.05) is 79.8 Å². The Labute approximate surface area is 656 Å². The van der Waals surface area contributed by atoms with E-state index in [0.29, 0.717) is 136 Å². The number of ether oxygens (including phenoxy) is 9. The summed E-state index contributed by atoms with van der Waals surface area (Å²) in [5.41, 5.74) is 4.93. The molecule has 0 N–H and O–H groups in total. The average Bonchev–Trinajstić information content (AvgIpc) is 1.66. The number of anilines is 3. The second kappa shape index (κ2) is 35.5. The number of alkyl halides is 2. The van der Waals surface area contributed by atoms with E-state index in [-0.39, 0.29) is 97.3 Å². The lowest BCUT2D eigenvalue weighted by Gasteiger charge is -2.42. The number of benzene rings is 6. The third-order valence-corrected chi connectivity index (χ3v) is 23.3. The number of nitrogens with zero attached hydrogens (tertiary/aromatic N) is 10. The van der Waals surface area contributed by atoms with Crippen LogP contribution >= 0.6 is 23.2 Å². The van der Waals surface area contributed by atoms with Crippen LogP contribution < -0.4 is 43.1 Å². The van der Waals surface area contributed by atoms with E-state index < -0.39 is 30.7 Å². The maximum Gasteiger partial charge on any atom is 0.416 e. The summed E-state index contributed by atoms with van der Waals surface area (Å²) in [6.45, 7) is 12.1. The van der Waals surface area contributed by atoms with Crippen molar-refractivity contribution in [3.8, 4) is 34.5 Å². The van der Waals surface area contributed by atoms with Gasteiger partial charge in [-0.05, 0) is 119 Å². The van der Waals surface area contributed by atoms with Crippen molar-refractivity contribution in [2.45, 2.75) is 120 Å². The summed E-state index contributed by atoms with van der Waals surface area (Å²) >= 11 is 13.0. The Morgan fingerprint density at radius 1 is 0.559 bits per heavy atom. The van der Waals surface area contributed by atoms with Crippen LogP contribution in [-0.2, 0) is 23.8 Å². The number of likely N-dealkylation sites (N-methyl/N-ethyl adjacent to an activating group) is 2. The van der Waals surface area contributed by atoms with Gasteiger partial charge in [-0.25, -0.2) is 19.3 Å². The zero-order valence-corrected chi connectivity index (χ0v) is 65.1. The number of fused-ring (bicyclic) bond motifs is 10. The lowest BCUT2D eigenvalue weighted by molar-refractivity contribution is -0.198. The van der Waals surface area contributed by atoms with Gasteiger partial charge in [-0.2, -0.15) is 0 Å². The Morgan fingerprint density at radius 3 is 1.59 bits per heavy atom. The van der Waals surface area contributed by atoms with Crippen molar-refractivity contribution in [1.82, 2.24) is 29.4 Å². The lowest BCUT2D eigenvalue weighted by atomic mass is 9.95. The summed E-state index contributed by atoms with van der Waals surface area (Å²) in [5, 5.41) is 3.42. The lowest BCUT2D eigenvalue weighted by Crippen LogP contribution is -2.57. The number of piperazine rings is 2. The monoisotopic (exact) mass is 1560 g/mol. The second-order valence-electron chi connectivity index (χ2n) is 29.6. The molecule has 28 heteroatoms. The summed E-state index contributed by atoms with van der Waals surface area (Å²) in [7, 11) is 7.10. The largest absolute Gasteiger partial charge is 0.493 e. The Morgan fingerprint density at radius 2 is 1.06 bits per heavy atom. The highest BCUT2D eigenvalue weighted by Crippen LogP contribution is 2.49. The average molecular weight is 1560 g/mol. The van der Waals surface area contributed by atoms with Crippen LogP contribution in [0, 0.1) is 0 Å². The molecule has 9 heterocycles. The van der Waals surface area contributed by atoms with Crippen LogP contribution in [-0.4, -0.2) is 247 Å². The van der Waals surface area contributed by atoms with Gasteiger partial charge in [0.25, 0.3) is 11.8 Å². The molecule has 15 rings (SSSR count). The van der Waals surface area contributed by atoms with E-state index in [2.05, 4.69) is 21.4 Å². The zero-order valence-electron chi connectivity index (χ0n) is 63.6. The number of amides is 7. The minimum Gasteiger partial charge on any atom is -0.493 e. The predicted molar refractivity (Wildman–Crippen MR) is 423 cm³/mol. The summed E-state index contributed by atoms with van der Waals surface area (Å²) in [6.07, 6.45) is 9.33. The topological polar surface area (TPSA) is 244 Å². The van der Waals surface area contributed by atoms with Gasteiger partial charge in [-0.3, -0.25) is 24.2 Å². The molecule has 0 spiro atoms. The smallest absolute Gasteiger partial charge is 0.416 e. The minimum atomic E-state index is -0.895. The van der Waals surface area contributed by atoms with Gasteiger partial charge < -0.3 is 81.8 Å². The van der Waals surface area contributed by atoms with Crippen molar-refractivity contribution in [2.24, 2.45) is 4.99 Å². The van der Waals surface area contributed by atoms with Crippen LogP contribution in [0.2, 0.25) is 0 Å². The number of hydrogen-bond donors (Lipinski definition) is 0. The van der Waals surface area contributed by atoms with Gasteiger partial charge in [-0.15, -0.1) is 23.2 Å². The SMILES string of the molecule is C=CCOC(=O)N1c2cc(OCCCC(=O)N3C[C@@H](CCl)c4c3cc(OC(=O)N3CCN(C)CC3)c3ccccc43)c(OC)cc2C(=O)N2CCCC[C@H]2[C@@H]1OC1CCCCO1.COc1cc2c(cc1OCCCC(=O)N1C[C@@H](CCl)c3c1cc(OC(=O)N1CCN(C)CC1)c1ccccc31)N=C[C@@H]1CCCCN1C2=O. The number of rotatable bonds is 20. The van der Waals surface area contributed by atoms with Crippen LogP contribution in [0.1, 0.15) is 127 Å². The van der Waals surface area contributed by atoms with Gasteiger partial charge in [0.05, 0.1) is 73.4 Å². The molecule has 6 atom stereocenters. The van der Waals surface area contributed by atoms with Gasteiger partial charge in [0.1, 0.15) is 18.1 Å². The van der Waals surface area contributed by atoms with Crippen molar-refractivity contribution in [2.75, 3.05) is 160 Å². The normalized spacial score (nSPS) is 21.7. The zero-order chi connectivity index (χ0) is 77.4. The molecule has 590 valence electrons. The summed E-state index contributed by atoms with van der Waals surface area (Å²) in [5.74, 6) is 2.33. The number of halogens is 2. The van der Waals surface area contributed by atoms with Crippen molar-refractivity contribution in [3.63, 3.8) is 0 Å². The van der Waals surface area contributed by atoms with Gasteiger partial charge in [0, 0.05) is 163 Å². The minimum absolute atomic E-state index is 0.00205. The molecule has 0 aromatic heterocycles. The highest BCUT2D eigenvalue weighted by Gasteiger charge is 2.48.